The van der Waals surface area contributed by atoms with E-state index in [4.69, 9.17) is 0 Å². The minimum atomic E-state index is -0.704. The molecule has 2 rings (SSSR count). The van der Waals surface area contributed by atoms with Crippen molar-refractivity contribution in [3.63, 3.8) is 0 Å². The molecule has 0 bridgehead atoms. The topological polar surface area (TPSA) is 37.3 Å². The van der Waals surface area contributed by atoms with E-state index in [1.165, 1.54) is 5.56 Å². The molecule has 0 saturated heterocycles. The van der Waals surface area contributed by atoms with Crippen molar-refractivity contribution in [2.75, 3.05) is 0 Å². The summed E-state index contributed by atoms with van der Waals surface area (Å²) in [5, 5.41) is 9.24. The summed E-state index contributed by atoms with van der Waals surface area (Å²) in [5.41, 5.74) is 1.52. The number of carboxylic acid groups (broad SMARTS) is 1. The lowest BCUT2D eigenvalue weighted by atomic mass is 9.71. The highest BCUT2D eigenvalue weighted by Crippen LogP contribution is 2.37. The molecule has 14 heavy (non-hydrogen) atoms. The van der Waals surface area contributed by atoms with Gasteiger partial charge < -0.3 is 5.11 Å². The van der Waals surface area contributed by atoms with Gasteiger partial charge in [-0.25, -0.2) is 0 Å². The van der Waals surface area contributed by atoms with Crippen molar-refractivity contribution in [1.29, 1.82) is 0 Å². The molecule has 0 aliphatic heterocycles. The minimum absolute atomic E-state index is 0.672. The van der Waals surface area contributed by atoms with Gasteiger partial charge in [0.1, 0.15) is 0 Å². The Bertz CT molecular complexity index is 370. The fourth-order valence-electron chi connectivity index (χ4n) is 2.27. The van der Waals surface area contributed by atoms with Crippen molar-refractivity contribution in [2.24, 2.45) is 0 Å². The van der Waals surface area contributed by atoms with Crippen molar-refractivity contribution in [3.8, 4) is 0 Å². The molecule has 0 radical (unpaired) electrons. The van der Waals surface area contributed by atoms with Crippen LogP contribution in [0.5, 0.6) is 0 Å². The Morgan fingerprint density at radius 1 is 1.43 bits per heavy atom. The van der Waals surface area contributed by atoms with Gasteiger partial charge in [0.25, 0.3) is 0 Å². The van der Waals surface area contributed by atoms with Crippen LogP contribution in [0, 0.1) is 0 Å². The van der Waals surface area contributed by atoms with Gasteiger partial charge in [0, 0.05) is 0 Å². The van der Waals surface area contributed by atoms with Crippen molar-refractivity contribution < 1.29 is 9.90 Å². The fourth-order valence-corrected chi connectivity index (χ4v) is 2.27. The number of carbonyl (C=O) groups is 1. The molecule has 0 unspecified atom stereocenters. The second-order valence-electron chi connectivity index (χ2n) is 4.15. The molecule has 2 heteroatoms. The minimum Gasteiger partial charge on any atom is -0.481 e. The number of hydrogen-bond donors (Lipinski definition) is 1. The van der Waals surface area contributed by atoms with Crippen LogP contribution in [0.2, 0.25) is 0 Å². The van der Waals surface area contributed by atoms with Gasteiger partial charge >= 0.3 is 5.97 Å². The lowest BCUT2D eigenvalue weighted by Crippen LogP contribution is -2.35. The highest BCUT2D eigenvalue weighted by atomic mass is 16.4. The van der Waals surface area contributed by atoms with Crippen molar-refractivity contribution in [3.05, 3.63) is 35.4 Å². The second kappa shape index (κ2) is 3.12. The quantitative estimate of drug-likeness (QED) is 0.738. The van der Waals surface area contributed by atoms with E-state index in [-0.39, 0.29) is 0 Å². The molecule has 0 amide bonds. The summed E-state index contributed by atoms with van der Waals surface area (Å²) >= 11 is 0. The molecule has 0 heterocycles. The number of carboxylic acids is 1. The van der Waals surface area contributed by atoms with Crippen LogP contribution in [-0.2, 0) is 16.6 Å². The lowest BCUT2D eigenvalue weighted by molar-refractivity contribution is -0.143. The van der Waals surface area contributed by atoms with Crippen LogP contribution in [0.4, 0.5) is 0 Å². The van der Waals surface area contributed by atoms with E-state index in [1.54, 1.807) is 0 Å². The van der Waals surface area contributed by atoms with E-state index in [9.17, 15) is 9.90 Å². The van der Waals surface area contributed by atoms with Crippen molar-refractivity contribution in [1.82, 2.24) is 0 Å². The number of hydrogen-bond acceptors (Lipinski definition) is 1. The molecule has 74 valence electrons. The first-order valence-electron chi connectivity index (χ1n) is 4.96. The maximum absolute atomic E-state index is 11.2. The van der Waals surface area contributed by atoms with E-state index in [0.717, 1.165) is 24.8 Å². The van der Waals surface area contributed by atoms with Crippen LogP contribution >= 0.6 is 0 Å². The first kappa shape index (κ1) is 9.25. The third kappa shape index (κ3) is 1.22. The Hall–Kier alpha value is -1.31. The molecular weight excluding hydrogens is 176 g/mol. The second-order valence-corrected chi connectivity index (χ2v) is 4.15. The van der Waals surface area contributed by atoms with Crippen LogP contribution in [-0.4, -0.2) is 11.1 Å². The third-order valence-corrected chi connectivity index (χ3v) is 3.21. The third-order valence-electron chi connectivity index (χ3n) is 3.21. The summed E-state index contributed by atoms with van der Waals surface area (Å²) in [6, 6.07) is 7.88. The number of fused-ring (bicyclic) bond motifs is 1. The van der Waals surface area contributed by atoms with Gasteiger partial charge in [0.15, 0.2) is 0 Å². The van der Waals surface area contributed by atoms with E-state index < -0.39 is 11.4 Å². The Labute approximate surface area is 83.6 Å². The molecule has 2 nitrogen and oxygen atoms in total. The van der Waals surface area contributed by atoms with Gasteiger partial charge in [-0.1, -0.05) is 24.3 Å². The molecule has 0 spiro atoms. The predicted octanol–water partition coefficient (Wildman–Crippen LogP) is 2.37. The fraction of sp³-hybridized carbons (Fsp3) is 0.417. The zero-order valence-corrected chi connectivity index (χ0v) is 8.29. The molecule has 1 aromatic carbocycles. The number of aryl methyl sites for hydroxylation is 1. The molecule has 1 atom stereocenters. The highest BCUT2D eigenvalue weighted by Gasteiger charge is 2.38. The van der Waals surface area contributed by atoms with E-state index in [1.807, 2.05) is 31.2 Å². The monoisotopic (exact) mass is 190 g/mol. The van der Waals surface area contributed by atoms with Gasteiger partial charge in [0.05, 0.1) is 5.41 Å². The SMILES string of the molecule is C[C@]1(C(=O)O)CCCc2ccccc21. The predicted molar refractivity (Wildman–Crippen MR) is 54.4 cm³/mol. The first-order valence-corrected chi connectivity index (χ1v) is 4.96. The molecule has 0 saturated carbocycles. The van der Waals surface area contributed by atoms with Gasteiger partial charge in [-0.3, -0.25) is 4.79 Å². The average molecular weight is 190 g/mol. The summed E-state index contributed by atoms with van der Waals surface area (Å²) in [5.74, 6) is -0.704. The molecule has 0 aromatic heterocycles. The van der Waals surface area contributed by atoms with Gasteiger partial charge in [-0.05, 0) is 37.3 Å². The smallest absolute Gasteiger partial charge is 0.313 e. The highest BCUT2D eigenvalue weighted by molar-refractivity contribution is 5.81. The van der Waals surface area contributed by atoms with E-state index in [2.05, 4.69) is 0 Å². The molecular formula is C12H14O2. The maximum atomic E-state index is 11.2. The normalized spacial score (nSPS) is 25.5. The van der Waals surface area contributed by atoms with Gasteiger partial charge in [0.2, 0.25) is 0 Å². The molecule has 0 fully saturated rings. The number of rotatable bonds is 1. The molecule has 1 aliphatic rings. The summed E-state index contributed by atoms with van der Waals surface area (Å²) in [6.45, 7) is 1.83. The Morgan fingerprint density at radius 2 is 2.14 bits per heavy atom. The van der Waals surface area contributed by atoms with Crippen LogP contribution in [0.25, 0.3) is 0 Å². The maximum Gasteiger partial charge on any atom is 0.313 e. The lowest BCUT2D eigenvalue weighted by Gasteiger charge is -2.31. The first-order chi connectivity index (χ1) is 6.64. The molecule has 1 N–H and O–H groups in total. The Morgan fingerprint density at radius 3 is 2.86 bits per heavy atom. The van der Waals surface area contributed by atoms with Crippen LogP contribution < -0.4 is 0 Å². The zero-order chi connectivity index (χ0) is 10.2. The van der Waals surface area contributed by atoms with Crippen molar-refractivity contribution >= 4 is 5.97 Å². The van der Waals surface area contributed by atoms with Crippen molar-refractivity contribution in [2.45, 2.75) is 31.6 Å². The summed E-state index contributed by atoms with van der Waals surface area (Å²) in [7, 11) is 0. The van der Waals surface area contributed by atoms with E-state index in [0.29, 0.717) is 0 Å². The summed E-state index contributed by atoms with van der Waals surface area (Å²) in [6.07, 6.45) is 2.73. The molecule has 1 aromatic rings. The van der Waals surface area contributed by atoms with Gasteiger partial charge in [-0.2, -0.15) is 0 Å². The van der Waals surface area contributed by atoms with Gasteiger partial charge in [-0.15, -0.1) is 0 Å². The van der Waals surface area contributed by atoms with Crippen LogP contribution in [0.1, 0.15) is 30.9 Å². The van der Waals surface area contributed by atoms with Crippen LogP contribution in [0.15, 0.2) is 24.3 Å². The largest absolute Gasteiger partial charge is 0.481 e. The Kier molecular flexibility index (Phi) is 2.06. The van der Waals surface area contributed by atoms with Crippen LogP contribution in [0.3, 0.4) is 0 Å². The zero-order valence-electron chi connectivity index (χ0n) is 8.29. The standard InChI is InChI=1S/C12H14O2/c1-12(11(13)14)8-4-6-9-5-2-3-7-10(9)12/h2-3,5,7H,4,6,8H2,1H3,(H,13,14)/t12-/m0/s1. The summed E-state index contributed by atoms with van der Waals surface area (Å²) in [4.78, 5) is 11.2. The average Bonchev–Trinajstić information content (AvgIpc) is 2.18. The van der Waals surface area contributed by atoms with E-state index >= 15 is 0 Å². The number of benzene rings is 1. The Balaban J connectivity index is 2.55. The molecule has 1 aliphatic carbocycles. The number of aliphatic carboxylic acids is 1. The summed E-state index contributed by atoms with van der Waals surface area (Å²) < 4.78 is 0.